The fourth-order valence-corrected chi connectivity index (χ4v) is 2.56. The fraction of sp³-hybridized carbons (Fsp3) is 0.389. The smallest absolute Gasteiger partial charge is 0.270 e. The first-order valence-corrected chi connectivity index (χ1v) is 8.23. The molecule has 1 unspecified atom stereocenters. The van der Waals surface area contributed by atoms with E-state index in [9.17, 15) is 4.79 Å². The Kier molecular flexibility index (Phi) is 5.38. The van der Waals surface area contributed by atoms with Crippen LogP contribution in [0.3, 0.4) is 0 Å². The van der Waals surface area contributed by atoms with Gasteiger partial charge in [-0.25, -0.2) is 9.97 Å². The molecule has 0 aliphatic carbocycles. The zero-order chi connectivity index (χ0) is 16.8. The molecule has 24 heavy (non-hydrogen) atoms. The molecule has 1 fully saturated rings. The van der Waals surface area contributed by atoms with E-state index in [0.717, 1.165) is 25.0 Å². The lowest BCUT2D eigenvalue weighted by Gasteiger charge is -2.11. The lowest BCUT2D eigenvalue weighted by atomic mass is 10.1. The topological polar surface area (TPSA) is 76.1 Å². The van der Waals surface area contributed by atoms with E-state index in [4.69, 9.17) is 4.74 Å². The van der Waals surface area contributed by atoms with Gasteiger partial charge in [0.2, 0.25) is 5.95 Å². The minimum atomic E-state index is -0.203. The van der Waals surface area contributed by atoms with Crippen LogP contribution in [0.4, 0.5) is 5.95 Å². The highest BCUT2D eigenvalue weighted by molar-refractivity contribution is 5.92. The number of aryl methyl sites for hydroxylation is 1. The summed E-state index contributed by atoms with van der Waals surface area (Å²) >= 11 is 0. The maximum atomic E-state index is 12.2. The molecule has 6 nitrogen and oxygen atoms in total. The second-order valence-corrected chi connectivity index (χ2v) is 5.95. The highest BCUT2D eigenvalue weighted by atomic mass is 16.5. The number of rotatable bonds is 6. The molecular weight excluding hydrogens is 304 g/mol. The number of benzene rings is 1. The van der Waals surface area contributed by atoms with Crippen LogP contribution in [0, 0.1) is 6.92 Å². The maximum absolute atomic E-state index is 12.2. The van der Waals surface area contributed by atoms with Crippen molar-refractivity contribution in [2.45, 2.75) is 32.4 Å². The van der Waals surface area contributed by atoms with E-state index in [1.807, 2.05) is 0 Å². The van der Waals surface area contributed by atoms with Crippen molar-refractivity contribution in [1.82, 2.24) is 15.3 Å². The van der Waals surface area contributed by atoms with Gasteiger partial charge in [-0.2, -0.15) is 0 Å². The van der Waals surface area contributed by atoms with Gasteiger partial charge in [0.15, 0.2) is 0 Å². The summed E-state index contributed by atoms with van der Waals surface area (Å²) in [5.74, 6) is 0.242. The molecule has 1 amide bonds. The molecule has 6 heteroatoms. The molecule has 126 valence electrons. The van der Waals surface area contributed by atoms with Crippen LogP contribution in [-0.2, 0) is 11.3 Å². The van der Waals surface area contributed by atoms with Crippen LogP contribution in [0.15, 0.2) is 36.5 Å². The van der Waals surface area contributed by atoms with Crippen LogP contribution in [0.5, 0.6) is 0 Å². The third-order valence-electron chi connectivity index (χ3n) is 3.97. The fourth-order valence-electron chi connectivity index (χ4n) is 2.56. The Morgan fingerprint density at radius 1 is 1.29 bits per heavy atom. The summed E-state index contributed by atoms with van der Waals surface area (Å²) in [5, 5.41) is 6.01. The number of aromatic nitrogens is 2. The first kappa shape index (κ1) is 16.4. The van der Waals surface area contributed by atoms with Gasteiger partial charge in [-0.3, -0.25) is 4.79 Å². The first-order valence-electron chi connectivity index (χ1n) is 8.23. The van der Waals surface area contributed by atoms with E-state index in [-0.39, 0.29) is 12.0 Å². The molecule has 0 spiro atoms. The molecule has 2 heterocycles. The molecule has 0 saturated carbocycles. The molecule has 0 bridgehead atoms. The van der Waals surface area contributed by atoms with Gasteiger partial charge in [-0.1, -0.05) is 29.8 Å². The highest BCUT2D eigenvalue weighted by Gasteiger charge is 2.17. The van der Waals surface area contributed by atoms with Crippen molar-refractivity contribution in [3.63, 3.8) is 0 Å². The zero-order valence-corrected chi connectivity index (χ0v) is 13.8. The molecule has 1 atom stereocenters. The third-order valence-corrected chi connectivity index (χ3v) is 3.97. The van der Waals surface area contributed by atoms with Gasteiger partial charge in [-0.05, 0) is 31.4 Å². The van der Waals surface area contributed by atoms with Crippen LogP contribution in [-0.4, -0.2) is 35.1 Å². The van der Waals surface area contributed by atoms with E-state index in [0.29, 0.717) is 24.7 Å². The summed E-state index contributed by atoms with van der Waals surface area (Å²) in [6.45, 7) is 3.97. The summed E-state index contributed by atoms with van der Waals surface area (Å²) < 4.78 is 5.50. The Morgan fingerprint density at radius 2 is 2.12 bits per heavy atom. The van der Waals surface area contributed by atoms with Gasteiger partial charge in [0.25, 0.3) is 5.91 Å². The van der Waals surface area contributed by atoms with Crippen LogP contribution in [0.2, 0.25) is 0 Å². The quantitative estimate of drug-likeness (QED) is 0.852. The highest BCUT2D eigenvalue weighted by Crippen LogP contribution is 2.11. The van der Waals surface area contributed by atoms with Crippen molar-refractivity contribution in [2.24, 2.45) is 0 Å². The first-order chi connectivity index (χ1) is 11.7. The largest absolute Gasteiger partial charge is 0.376 e. The second-order valence-electron chi connectivity index (χ2n) is 5.95. The molecule has 2 aromatic rings. The number of carbonyl (C=O) groups is 1. The van der Waals surface area contributed by atoms with Gasteiger partial charge in [0.05, 0.1) is 6.10 Å². The monoisotopic (exact) mass is 326 g/mol. The van der Waals surface area contributed by atoms with Crippen molar-refractivity contribution in [2.75, 3.05) is 18.5 Å². The van der Waals surface area contributed by atoms with Crippen LogP contribution < -0.4 is 10.6 Å². The Morgan fingerprint density at radius 3 is 2.88 bits per heavy atom. The van der Waals surface area contributed by atoms with Crippen molar-refractivity contribution >= 4 is 11.9 Å². The standard InChI is InChI=1S/C18H22N4O2/c1-13-4-6-14(7-5-13)11-21-18-19-9-8-16(22-18)17(23)20-12-15-3-2-10-24-15/h4-9,15H,2-3,10-12H2,1H3,(H,20,23)(H,19,21,22). The van der Waals surface area contributed by atoms with E-state index in [1.54, 1.807) is 12.3 Å². The molecule has 1 aliphatic heterocycles. The Balaban J connectivity index is 1.54. The van der Waals surface area contributed by atoms with Gasteiger partial charge in [0, 0.05) is 25.9 Å². The van der Waals surface area contributed by atoms with E-state index in [2.05, 4.69) is 51.8 Å². The average Bonchev–Trinajstić information content (AvgIpc) is 3.13. The van der Waals surface area contributed by atoms with Gasteiger partial charge in [-0.15, -0.1) is 0 Å². The van der Waals surface area contributed by atoms with E-state index in [1.165, 1.54) is 5.56 Å². The average molecular weight is 326 g/mol. The SMILES string of the molecule is Cc1ccc(CNc2nccc(C(=O)NCC3CCCO3)n2)cc1. The summed E-state index contributed by atoms with van der Waals surface area (Å²) in [5.41, 5.74) is 2.71. The number of hydrogen-bond donors (Lipinski definition) is 2. The molecule has 1 aliphatic rings. The van der Waals surface area contributed by atoms with Crippen LogP contribution >= 0.6 is 0 Å². The number of nitrogens with one attached hydrogen (secondary N) is 2. The predicted octanol–water partition coefficient (Wildman–Crippen LogP) is 2.31. The second kappa shape index (κ2) is 7.88. The van der Waals surface area contributed by atoms with Gasteiger partial charge < -0.3 is 15.4 Å². The van der Waals surface area contributed by atoms with Crippen molar-refractivity contribution in [3.8, 4) is 0 Å². The molecule has 0 radical (unpaired) electrons. The predicted molar refractivity (Wildman–Crippen MR) is 91.8 cm³/mol. The number of nitrogens with zero attached hydrogens (tertiary/aromatic N) is 2. The summed E-state index contributed by atoms with van der Waals surface area (Å²) in [6, 6.07) is 9.85. The molecular formula is C18H22N4O2. The number of amides is 1. The number of anilines is 1. The third kappa shape index (κ3) is 4.52. The minimum Gasteiger partial charge on any atom is -0.376 e. The lowest BCUT2D eigenvalue weighted by Crippen LogP contribution is -2.32. The van der Waals surface area contributed by atoms with Crippen molar-refractivity contribution < 1.29 is 9.53 Å². The Labute approximate surface area is 141 Å². The number of hydrogen-bond acceptors (Lipinski definition) is 5. The molecule has 1 aromatic carbocycles. The summed E-state index contributed by atoms with van der Waals surface area (Å²) in [4.78, 5) is 20.6. The number of carbonyl (C=O) groups excluding carboxylic acids is 1. The summed E-state index contributed by atoms with van der Waals surface area (Å²) in [7, 11) is 0. The summed E-state index contributed by atoms with van der Waals surface area (Å²) in [6.07, 6.45) is 3.76. The van der Waals surface area contributed by atoms with Crippen molar-refractivity contribution in [3.05, 3.63) is 53.3 Å². The molecule has 1 aromatic heterocycles. The van der Waals surface area contributed by atoms with Crippen LogP contribution in [0.1, 0.15) is 34.5 Å². The van der Waals surface area contributed by atoms with Gasteiger partial charge in [0.1, 0.15) is 5.69 Å². The maximum Gasteiger partial charge on any atom is 0.270 e. The van der Waals surface area contributed by atoms with Crippen LogP contribution in [0.25, 0.3) is 0 Å². The Bertz CT molecular complexity index is 682. The molecule has 2 N–H and O–H groups in total. The molecule has 3 rings (SSSR count). The number of ether oxygens (including phenoxy) is 1. The van der Waals surface area contributed by atoms with E-state index >= 15 is 0 Å². The van der Waals surface area contributed by atoms with Gasteiger partial charge >= 0.3 is 0 Å². The molecule has 1 saturated heterocycles. The normalized spacial score (nSPS) is 16.8. The minimum absolute atomic E-state index is 0.120. The van der Waals surface area contributed by atoms with E-state index < -0.39 is 0 Å². The van der Waals surface area contributed by atoms with Crippen molar-refractivity contribution in [1.29, 1.82) is 0 Å². The Hall–Kier alpha value is -2.47. The zero-order valence-electron chi connectivity index (χ0n) is 13.8. The lowest BCUT2D eigenvalue weighted by molar-refractivity contribution is 0.0853.